The fourth-order valence-corrected chi connectivity index (χ4v) is 3.17. The molecule has 1 N–H and O–H groups in total. The summed E-state index contributed by atoms with van der Waals surface area (Å²) < 4.78 is 3.83. The number of aryl methyl sites for hydroxylation is 1. The van der Waals surface area contributed by atoms with Gasteiger partial charge in [0.25, 0.3) is 5.91 Å². The van der Waals surface area contributed by atoms with E-state index < -0.39 is 0 Å². The molecule has 0 aliphatic carbocycles. The number of aromatic nitrogens is 2. The van der Waals surface area contributed by atoms with Crippen molar-refractivity contribution in [3.05, 3.63) is 33.0 Å². The van der Waals surface area contributed by atoms with E-state index in [1.54, 1.807) is 11.3 Å². The van der Waals surface area contributed by atoms with Gasteiger partial charge in [0.2, 0.25) is 0 Å². The quantitative estimate of drug-likeness (QED) is 0.916. The third-order valence-electron chi connectivity index (χ3n) is 2.56. The zero-order valence-corrected chi connectivity index (χ0v) is 12.0. The van der Waals surface area contributed by atoms with Crippen LogP contribution in [0.4, 0.5) is 0 Å². The van der Waals surface area contributed by atoms with E-state index in [-0.39, 0.29) is 11.9 Å². The van der Waals surface area contributed by atoms with Gasteiger partial charge in [-0.25, -0.2) is 0 Å². The SMILES string of the molecule is CCc1nnsc1C(=O)N[C@H](C)Cc1cccs1. The lowest BCUT2D eigenvalue weighted by atomic mass is 10.2. The summed E-state index contributed by atoms with van der Waals surface area (Å²) in [5.41, 5.74) is 0.779. The number of amides is 1. The molecule has 0 bridgehead atoms. The summed E-state index contributed by atoms with van der Waals surface area (Å²) in [4.78, 5) is 14.0. The van der Waals surface area contributed by atoms with Crippen molar-refractivity contribution in [2.45, 2.75) is 32.7 Å². The summed E-state index contributed by atoms with van der Waals surface area (Å²) in [5.74, 6) is -0.0640. The molecule has 2 aromatic rings. The molecule has 6 heteroatoms. The van der Waals surface area contributed by atoms with E-state index in [1.165, 1.54) is 4.88 Å². The Hall–Kier alpha value is -1.27. The second-order valence-electron chi connectivity index (χ2n) is 4.06. The third-order valence-corrected chi connectivity index (χ3v) is 4.23. The van der Waals surface area contributed by atoms with Crippen LogP contribution in [-0.2, 0) is 12.8 Å². The van der Waals surface area contributed by atoms with Gasteiger partial charge in [0.1, 0.15) is 4.88 Å². The minimum atomic E-state index is -0.0640. The average molecular weight is 281 g/mol. The van der Waals surface area contributed by atoms with Crippen molar-refractivity contribution < 1.29 is 4.79 Å². The van der Waals surface area contributed by atoms with Crippen molar-refractivity contribution >= 4 is 28.8 Å². The molecule has 96 valence electrons. The van der Waals surface area contributed by atoms with Gasteiger partial charge in [-0.2, -0.15) is 0 Å². The number of hydrogen-bond acceptors (Lipinski definition) is 5. The van der Waals surface area contributed by atoms with Gasteiger partial charge in [-0.05, 0) is 36.3 Å². The van der Waals surface area contributed by atoms with E-state index in [0.29, 0.717) is 4.88 Å². The Bertz CT molecular complexity index is 507. The van der Waals surface area contributed by atoms with Crippen LogP contribution in [0.5, 0.6) is 0 Å². The maximum atomic E-state index is 12.0. The fraction of sp³-hybridized carbons (Fsp3) is 0.417. The van der Waals surface area contributed by atoms with Crippen molar-refractivity contribution in [1.82, 2.24) is 14.9 Å². The second kappa shape index (κ2) is 6.06. The number of nitrogens with zero attached hydrogens (tertiary/aromatic N) is 2. The predicted octanol–water partition coefficient (Wildman–Crippen LogP) is 2.52. The zero-order chi connectivity index (χ0) is 13.0. The van der Waals surface area contributed by atoms with Gasteiger partial charge in [0.05, 0.1) is 5.69 Å². The zero-order valence-electron chi connectivity index (χ0n) is 10.3. The third kappa shape index (κ3) is 3.14. The van der Waals surface area contributed by atoms with Crippen LogP contribution in [0, 0.1) is 0 Å². The highest BCUT2D eigenvalue weighted by Crippen LogP contribution is 2.13. The summed E-state index contributed by atoms with van der Waals surface area (Å²) in [7, 11) is 0. The second-order valence-corrected chi connectivity index (χ2v) is 5.85. The largest absolute Gasteiger partial charge is 0.348 e. The van der Waals surface area contributed by atoms with Crippen molar-refractivity contribution in [2.24, 2.45) is 0 Å². The van der Waals surface area contributed by atoms with E-state index in [0.717, 1.165) is 30.1 Å². The predicted molar refractivity (Wildman–Crippen MR) is 74.2 cm³/mol. The van der Waals surface area contributed by atoms with Gasteiger partial charge in [0.15, 0.2) is 0 Å². The number of thiophene rings is 1. The average Bonchev–Trinajstić information content (AvgIpc) is 2.97. The maximum absolute atomic E-state index is 12.0. The Kier molecular flexibility index (Phi) is 4.43. The molecule has 0 aliphatic heterocycles. The summed E-state index contributed by atoms with van der Waals surface area (Å²) in [6.07, 6.45) is 1.59. The summed E-state index contributed by atoms with van der Waals surface area (Å²) in [5, 5.41) is 8.99. The highest BCUT2D eigenvalue weighted by molar-refractivity contribution is 7.09. The number of nitrogens with one attached hydrogen (secondary N) is 1. The van der Waals surface area contributed by atoms with E-state index in [4.69, 9.17) is 0 Å². The molecule has 1 amide bonds. The highest BCUT2D eigenvalue weighted by Gasteiger charge is 2.17. The van der Waals surface area contributed by atoms with E-state index in [1.807, 2.05) is 25.3 Å². The van der Waals surface area contributed by atoms with Crippen LogP contribution in [0.15, 0.2) is 17.5 Å². The van der Waals surface area contributed by atoms with Gasteiger partial charge in [-0.1, -0.05) is 17.5 Å². The number of hydrogen-bond donors (Lipinski definition) is 1. The van der Waals surface area contributed by atoms with Gasteiger partial charge in [-0.15, -0.1) is 16.4 Å². The molecule has 0 aliphatic rings. The minimum Gasteiger partial charge on any atom is -0.348 e. The van der Waals surface area contributed by atoms with Crippen LogP contribution in [0.25, 0.3) is 0 Å². The molecule has 0 saturated heterocycles. The Labute approximate surface area is 114 Å². The van der Waals surface area contributed by atoms with Crippen LogP contribution >= 0.6 is 22.9 Å². The number of carbonyl (C=O) groups is 1. The molecule has 0 unspecified atom stereocenters. The van der Waals surface area contributed by atoms with Crippen LogP contribution in [0.2, 0.25) is 0 Å². The summed E-state index contributed by atoms with van der Waals surface area (Å²) in [6.45, 7) is 3.99. The first kappa shape index (κ1) is 13.2. The van der Waals surface area contributed by atoms with E-state index >= 15 is 0 Å². The molecule has 18 heavy (non-hydrogen) atoms. The standard InChI is InChI=1S/C12H15N3OS2/c1-3-10-11(18-15-14-10)12(16)13-8(2)7-9-5-4-6-17-9/h4-6,8H,3,7H2,1-2H3,(H,13,16)/t8-/m1/s1. The molecule has 0 fully saturated rings. The first-order valence-electron chi connectivity index (χ1n) is 5.85. The molecule has 0 aromatic carbocycles. The van der Waals surface area contributed by atoms with Crippen LogP contribution in [-0.4, -0.2) is 21.5 Å². The Balaban J connectivity index is 1.95. The molecule has 0 spiro atoms. The molecule has 0 saturated carbocycles. The lowest BCUT2D eigenvalue weighted by Gasteiger charge is -2.12. The Morgan fingerprint density at radius 3 is 3.06 bits per heavy atom. The molecule has 2 rings (SSSR count). The Morgan fingerprint density at radius 1 is 1.56 bits per heavy atom. The molecule has 0 radical (unpaired) electrons. The summed E-state index contributed by atoms with van der Waals surface area (Å²) in [6, 6.07) is 4.22. The number of carbonyl (C=O) groups excluding carboxylic acids is 1. The molecular weight excluding hydrogens is 266 g/mol. The van der Waals surface area contributed by atoms with Crippen molar-refractivity contribution in [1.29, 1.82) is 0 Å². The lowest BCUT2D eigenvalue weighted by molar-refractivity contribution is 0.0943. The molecule has 1 atom stereocenters. The minimum absolute atomic E-state index is 0.0640. The van der Waals surface area contributed by atoms with Gasteiger partial charge < -0.3 is 5.32 Å². The normalized spacial score (nSPS) is 12.3. The van der Waals surface area contributed by atoms with Gasteiger partial charge in [0, 0.05) is 17.3 Å². The van der Waals surface area contributed by atoms with Crippen molar-refractivity contribution in [2.75, 3.05) is 0 Å². The van der Waals surface area contributed by atoms with Crippen LogP contribution < -0.4 is 5.32 Å². The van der Waals surface area contributed by atoms with Crippen LogP contribution in [0.1, 0.15) is 34.1 Å². The molecule has 4 nitrogen and oxygen atoms in total. The smallest absolute Gasteiger partial charge is 0.265 e. The lowest BCUT2D eigenvalue weighted by Crippen LogP contribution is -2.33. The highest BCUT2D eigenvalue weighted by atomic mass is 32.1. The Morgan fingerprint density at radius 2 is 2.39 bits per heavy atom. The van der Waals surface area contributed by atoms with Crippen molar-refractivity contribution in [3.63, 3.8) is 0 Å². The van der Waals surface area contributed by atoms with E-state index in [2.05, 4.69) is 21.0 Å². The van der Waals surface area contributed by atoms with Gasteiger partial charge in [-0.3, -0.25) is 4.79 Å². The van der Waals surface area contributed by atoms with E-state index in [9.17, 15) is 4.79 Å². The molecular formula is C12H15N3OS2. The summed E-state index contributed by atoms with van der Waals surface area (Å²) >= 11 is 2.87. The van der Waals surface area contributed by atoms with Gasteiger partial charge >= 0.3 is 0 Å². The first-order valence-corrected chi connectivity index (χ1v) is 7.50. The fourth-order valence-electron chi connectivity index (χ4n) is 1.68. The topological polar surface area (TPSA) is 54.9 Å². The molecule has 2 aromatic heterocycles. The molecule has 2 heterocycles. The maximum Gasteiger partial charge on any atom is 0.265 e. The van der Waals surface area contributed by atoms with Crippen LogP contribution in [0.3, 0.4) is 0 Å². The monoisotopic (exact) mass is 281 g/mol. The number of rotatable bonds is 5. The van der Waals surface area contributed by atoms with Crippen molar-refractivity contribution in [3.8, 4) is 0 Å². The first-order chi connectivity index (χ1) is 8.70.